The molecule has 1 aromatic heterocycles. The summed E-state index contributed by atoms with van der Waals surface area (Å²) in [5.41, 5.74) is 11.5. The van der Waals surface area contributed by atoms with Gasteiger partial charge in [-0.25, -0.2) is 9.97 Å². The first kappa shape index (κ1) is 23.9. The topological polar surface area (TPSA) is 29.0 Å². The van der Waals surface area contributed by atoms with Crippen molar-refractivity contribution < 1.29 is 0 Å². The van der Waals surface area contributed by atoms with Crippen molar-refractivity contribution in [1.82, 2.24) is 9.97 Å². The van der Waals surface area contributed by atoms with Gasteiger partial charge in [-0.05, 0) is 40.6 Å². The van der Waals surface area contributed by atoms with E-state index in [-0.39, 0.29) is 0 Å². The fourth-order valence-corrected chi connectivity index (χ4v) is 6.67. The molecule has 0 bridgehead atoms. The molecule has 43 heavy (non-hydrogen) atoms. The molecule has 0 fully saturated rings. The first-order valence-corrected chi connectivity index (χ1v) is 14.6. The normalized spacial score (nSPS) is 12.1. The van der Waals surface area contributed by atoms with Crippen molar-refractivity contribution in [3.05, 3.63) is 152 Å². The Balaban J connectivity index is 1.41. The Morgan fingerprint density at radius 1 is 0.395 bits per heavy atom. The van der Waals surface area contributed by atoms with Crippen LogP contribution in [0, 0.1) is 0 Å². The largest absolute Gasteiger partial charge is 0.308 e. The van der Waals surface area contributed by atoms with E-state index in [1.807, 2.05) is 30.3 Å². The van der Waals surface area contributed by atoms with Gasteiger partial charge >= 0.3 is 0 Å². The van der Waals surface area contributed by atoms with Gasteiger partial charge < -0.3 is 4.90 Å². The van der Waals surface area contributed by atoms with Crippen LogP contribution in [0.1, 0.15) is 0 Å². The van der Waals surface area contributed by atoms with Crippen LogP contribution < -0.4 is 4.90 Å². The SMILES string of the molecule is c1ccc(-c2nc3ccccc3nc2-c2ccccc2N2c3c(ccc4ccccc34)-c3cccc4cccc2c34)cc1. The molecule has 8 aromatic rings. The van der Waals surface area contributed by atoms with E-state index in [1.54, 1.807) is 0 Å². The van der Waals surface area contributed by atoms with Gasteiger partial charge in [0.05, 0.1) is 39.5 Å². The van der Waals surface area contributed by atoms with Gasteiger partial charge in [-0.1, -0.05) is 127 Å². The van der Waals surface area contributed by atoms with Crippen LogP contribution in [-0.4, -0.2) is 9.97 Å². The van der Waals surface area contributed by atoms with Crippen LogP contribution in [0.3, 0.4) is 0 Å². The second-order valence-electron chi connectivity index (χ2n) is 11.0. The van der Waals surface area contributed by atoms with Crippen LogP contribution >= 0.6 is 0 Å². The first-order valence-electron chi connectivity index (χ1n) is 14.6. The maximum absolute atomic E-state index is 5.30. The molecule has 2 heterocycles. The van der Waals surface area contributed by atoms with Crippen molar-refractivity contribution in [2.24, 2.45) is 0 Å². The van der Waals surface area contributed by atoms with Crippen LogP contribution in [0.2, 0.25) is 0 Å². The third-order valence-corrected chi connectivity index (χ3v) is 8.56. The molecule has 0 spiro atoms. The first-order chi connectivity index (χ1) is 21.3. The number of hydrogen-bond acceptors (Lipinski definition) is 3. The summed E-state index contributed by atoms with van der Waals surface area (Å²) in [4.78, 5) is 12.9. The van der Waals surface area contributed by atoms with Crippen LogP contribution in [0.5, 0.6) is 0 Å². The molecular formula is C40H25N3. The van der Waals surface area contributed by atoms with Crippen molar-refractivity contribution in [3.63, 3.8) is 0 Å². The molecular weight excluding hydrogens is 522 g/mol. The van der Waals surface area contributed by atoms with Crippen molar-refractivity contribution in [2.45, 2.75) is 0 Å². The molecule has 0 radical (unpaired) electrons. The van der Waals surface area contributed by atoms with E-state index in [9.17, 15) is 0 Å². The number of rotatable bonds is 3. The third kappa shape index (κ3) is 3.62. The molecule has 0 saturated heterocycles. The lowest BCUT2D eigenvalue weighted by atomic mass is 9.88. The maximum Gasteiger partial charge on any atom is 0.0994 e. The Kier molecular flexibility index (Phi) is 5.20. The molecule has 200 valence electrons. The monoisotopic (exact) mass is 547 g/mol. The van der Waals surface area contributed by atoms with Crippen molar-refractivity contribution in [1.29, 1.82) is 0 Å². The second-order valence-corrected chi connectivity index (χ2v) is 11.0. The molecule has 1 aliphatic rings. The Morgan fingerprint density at radius 2 is 1.02 bits per heavy atom. The standard InChI is InChI=1S/C40H25N3/c1-2-13-28(14-3-1)38-39(42-34-21-8-7-20-33(34)41-38)32-18-6-9-22-35(32)43-36-23-11-16-27-15-10-19-30(37(27)36)31-25-24-26-12-4-5-17-29(26)40(31)43/h1-25H. The Morgan fingerprint density at radius 3 is 1.88 bits per heavy atom. The van der Waals surface area contributed by atoms with Crippen LogP contribution in [-0.2, 0) is 0 Å². The Hall–Kier alpha value is -5.80. The van der Waals surface area contributed by atoms with Gasteiger partial charge in [0.1, 0.15) is 0 Å². The number of fused-ring (bicyclic) bond motifs is 5. The Labute approximate surface area is 249 Å². The third-order valence-electron chi connectivity index (χ3n) is 8.56. The van der Waals surface area contributed by atoms with Gasteiger partial charge in [-0.3, -0.25) is 0 Å². The zero-order chi connectivity index (χ0) is 28.3. The number of nitrogens with zero attached hydrogens (tertiary/aromatic N) is 3. The summed E-state index contributed by atoms with van der Waals surface area (Å²) in [5.74, 6) is 0. The summed E-state index contributed by atoms with van der Waals surface area (Å²) in [6, 6.07) is 53.6. The highest BCUT2D eigenvalue weighted by Gasteiger charge is 2.30. The molecule has 0 amide bonds. The minimum atomic E-state index is 0.869. The van der Waals surface area contributed by atoms with Crippen LogP contribution in [0.4, 0.5) is 17.1 Å². The maximum atomic E-state index is 5.30. The molecule has 0 atom stereocenters. The molecule has 1 aliphatic heterocycles. The highest BCUT2D eigenvalue weighted by atomic mass is 15.2. The molecule has 0 N–H and O–H groups in total. The number of anilines is 3. The second kappa shape index (κ2) is 9.37. The summed E-state index contributed by atoms with van der Waals surface area (Å²) in [6.45, 7) is 0. The van der Waals surface area contributed by atoms with Crippen molar-refractivity contribution >= 4 is 49.6 Å². The van der Waals surface area contributed by atoms with Gasteiger partial charge in [0.15, 0.2) is 0 Å². The van der Waals surface area contributed by atoms with Crippen molar-refractivity contribution in [3.8, 4) is 33.6 Å². The molecule has 3 heteroatoms. The van der Waals surface area contributed by atoms with Gasteiger partial charge in [-0.2, -0.15) is 0 Å². The van der Waals surface area contributed by atoms with Crippen LogP contribution in [0.15, 0.2) is 152 Å². The summed E-state index contributed by atoms with van der Waals surface area (Å²) < 4.78 is 0. The highest BCUT2D eigenvalue weighted by molar-refractivity contribution is 6.19. The minimum absolute atomic E-state index is 0.869. The fourth-order valence-electron chi connectivity index (χ4n) is 6.67. The lowest BCUT2D eigenvalue weighted by Crippen LogP contribution is -2.16. The minimum Gasteiger partial charge on any atom is -0.308 e. The zero-order valence-electron chi connectivity index (χ0n) is 23.3. The van der Waals surface area contributed by atoms with E-state index in [2.05, 4.69) is 126 Å². The lowest BCUT2D eigenvalue weighted by molar-refractivity contribution is 1.26. The fraction of sp³-hybridized carbons (Fsp3) is 0. The number of aromatic nitrogens is 2. The van der Waals surface area contributed by atoms with E-state index < -0.39 is 0 Å². The Bertz CT molecular complexity index is 2350. The van der Waals surface area contributed by atoms with E-state index in [0.717, 1.165) is 39.2 Å². The number of hydrogen-bond donors (Lipinski definition) is 0. The molecule has 7 aromatic carbocycles. The smallest absolute Gasteiger partial charge is 0.0994 e. The van der Waals surface area contributed by atoms with E-state index in [1.165, 1.54) is 44.0 Å². The van der Waals surface area contributed by atoms with E-state index >= 15 is 0 Å². The average Bonchev–Trinajstić information content (AvgIpc) is 3.08. The summed E-state index contributed by atoms with van der Waals surface area (Å²) in [6.07, 6.45) is 0. The highest BCUT2D eigenvalue weighted by Crippen LogP contribution is 2.54. The molecule has 3 nitrogen and oxygen atoms in total. The number of benzene rings is 7. The molecule has 0 aliphatic carbocycles. The lowest BCUT2D eigenvalue weighted by Gasteiger charge is -2.35. The van der Waals surface area contributed by atoms with Gasteiger partial charge in [0.2, 0.25) is 0 Å². The van der Waals surface area contributed by atoms with Gasteiger partial charge in [-0.15, -0.1) is 0 Å². The zero-order valence-corrected chi connectivity index (χ0v) is 23.3. The van der Waals surface area contributed by atoms with Crippen molar-refractivity contribution in [2.75, 3.05) is 4.90 Å². The van der Waals surface area contributed by atoms with Crippen LogP contribution in [0.25, 0.3) is 66.2 Å². The van der Waals surface area contributed by atoms with Gasteiger partial charge in [0.25, 0.3) is 0 Å². The predicted molar refractivity (Wildman–Crippen MR) is 179 cm³/mol. The summed E-state index contributed by atoms with van der Waals surface area (Å²) in [7, 11) is 0. The summed E-state index contributed by atoms with van der Waals surface area (Å²) >= 11 is 0. The number of para-hydroxylation sites is 3. The quantitative estimate of drug-likeness (QED) is 0.220. The average molecular weight is 548 g/mol. The summed E-state index contributed by atoms with van der Waals surface area (Å²) in [5, 5.41) is 4.92. The van der Waals surface area contributed by atoms with Gasteiger partial charge in [0, 0.05) is 27.5 Å². The van der Waals surface area contributed by atoms with E-state index in [0.29, 0.717) is 0 Å². The predicted octanol–water partition coefficient (Wildman–Crippen LogP) is 10.7. The van der Waals surface area contributed by atoms with E-state index in [4.69, 9.17) is 9.97 Å². The molecule has 9 rings (SSSR count). The molecule has 0 saturated carbocycles. The molecule has 0 unspecified atom stereocenters.